The molecule has 3 heterocycles. The second-order valence-electron chi connectivity index (χ2n) is 7.71. The van der Waals surface area contributed by atoms with E-state index in [1.807, 2.05) is 37.8 Å². The summed E-state index contributed by atoms with van der Waals surface area (Å²) < 4.78 is 1.79. The third-order valence-corrected chi connectivity index (χ3v) is 5.35. The maximum Gasteiger partial charge on any atom is 0.149 e. The van der Waals surface area contributed by atoms with Crippen LogP contribution in [0.4, 0.5) is 11.5 Å². The minimum Gasteiger partial charge on any atom is -0.392 e. The van der Waals surface area contributed by atoms with E-state index in [1.165, 1.54) is 5.56 Å². The van der Waals surface area contributed by atoms with Gasteiger partial charge in [0, 0.05) is 50.2 Å². The van der Waals surface area contributed by atoms with Crippen molar-refractivity contribution in [1.82, 2.24) is 20.1 Å². The topological polar surface area (TPSA) is 87.0 Å². The van der Waals surface area contributed by atoms with Gasteiger partial charge in [0.05, 0.1) is 24.5 Å². The fourth-order valence-electron chi connectivity index (χ4n) is 3.63. The van der Waals surface area contributed by atoms with Gasteiger partial charge in [-0.1, -0.05) is 31.2 Å². The van der Waals surface area contributed by atoms with Gasteiger partial charge < -0.3 is 21.1 Å². The van der Waals surface area contributed by atoms with Crippen LogP contribution in [0.5, 0.6) is 0 Å². The molecule has 0 radical (unpaired) electrons. The molecule has 2 atom stereocenters. The van der Waals surface area contributed by atoms with Crippen molar-refractivity contribution in [2.24, 2.45) is 7.05 Å². The van der Waals surface area contributed by atoms with E-state index in [0.717, 1.165) is 47.8 Å². The van der Waals surface area contributed by atoms with Crippen LogP contribution in [0.1, 0.15) is 24.0 Å². The molecule has 3 aromatic rings. The third-order valence-electron chi connectivity index (χ3n) is 5.35. The van der Waals surface area contributed by atoms with E-state index in [-0.39, 0.29) is 12.6 Å². The molecular formula is C22H28N6O. The Kier molecular flexibility index (Phi) is 5.78. The summed E-state index contributed by atoms with van der Waals surface area (Å²) in [4.78, 5) is 4.60. The molecule has 0 aliphatic carbocycles. The zero-order valence-electron chi connectivity index (χ0n) is 16.9. The van der Waals surface area contributed by atoms with Crippen molar-refractivity contribution < 1.29 is 5.11 Å². The highest BCUT2D eigenvalue weighted by atomic mass is 16.3. The number of benzene rings is 1. The smallest absolute Gasteiger partial charge is 0.149 e. The Morgan fingerprint density at radius 2 is 2.17 bits per heavy atom. The van der Waals surface area contributed by atoms with Crippen LogP contribution in [0.2, 0.25) is 0 Å². The number of fused-ring (bicyclic) bond motifs is 1. The van der Waals surface area contributed by atoms with Crippen LogP contribution in [0.25, 0.3) is 11.1 Å². The summed E-state index contributed by atoms with van der Waals surface area (Å²) in [6, 6.07) is 10.5. The Bertz CT molecular complexity index is 969. The third kappa shape index (κ3) is 4.58. The van der Waals surface area contributed by atoms with Crippen LogP contribution in [0.15, 0.2) is 48.9 Å². The first-order valence-electron chi connectivity index (χ1n) is 10.0. The first-order chi connectivity index (χ1) is 14.1. The number of rotatable bonds is 7. The molecule has 2 unspecified atom stereocenters. The molecule has 2 aromatic heterocycles. The first kappa shape index (κ1) is 19.4. The van der Waals surface area contributed by atoms with E-state index in [9.17, 15) is 5.11 Å². The molecule has 7 nitrogen and oxygen atoms in total. The summed E-state index contributed by atoms with van der Waals surface area (Å²) in [6.07, 6.45) is 5.73. The van der Waals surface area contributed by atoms with Crippen molar-refractivity contribution in [3.05, 3.63) is 60.0 Å². The van der Waals surface area contributed by atoms with Crippen molar-refractivity contribution in [3.8, 4) is 11.1 Å². The molecule has 1 aromatic carbocycles. The quantitative estimate of drug-likeness (QED) is 0.494. The monoisotopic (exact) mass is 392 g/mol. The lowest BCUT2D eigenvalue weighted by Gasteiger charge is -2.28. The van der Waals surface area contributed by atoms with Crippen molar-refractivity contribution in [2.45, 2.75) is 25.5 Å². The molecule has 4 rings (SSSR count). The SMILES string of the molecule is CC(CNCC1CNc2cc(-c3cnn(C)c3)cnc2N1)c1cccc(CO)c1. The number of hydrogen-bond acceptors (Lipinski definition) is 6. The van der Waals surface area contributed by atoms with Gasteiger partial charge in [0.25, 0.3) is 0 Å². The normalized spacial score (nSPS) is 16.6. The van der Waals surface area contributed by atoms with Gasteiger partial charge in [-0.05, 0) is 23.1 Å². The number of nitrogens with one attached hydrogen (secondary N) is 3. The van der Waals surface area contributed by atoms with Crippen LogP contribution in [-0.2, 0) is 13.7 Å². The van der Waals surface area contributed by atoms with Crippen molar-refractivity contribution in [3.63, 3.8) is 0 Å². The molecule has 4 N–H and O–H groups in total. The summed E-state index contributed by atoms with van der Waals surface area (Å²) in [5, 5.41) is 24.1. The predicted octanol–water partition coefficient (Wildman–Crippen LogP) is 2.57. The fourth-order valence-corrected chi connectivity index (χ4v) is 3.63. The average Bonchev–Trinajstić information content (AvgIpc) is 3.19. The highest BCUT2D eigenvalue weighted by Crippen LogP contribution is 2.29. The Labute approximate surface area is 171 Å². The fraction of sp³-hybridized carbons (Fsp3) is 0.364. The van der Waals surface area contributed by atoms with Crippen molar-refractivity contribution in [1.29, 1.82) is 0 Å². The van der Waals surface area contributed by atoms with Crippen LogP contribution in [-0.4, -0.2) is 45.5 Å². The molecule has 152 valence electrons. The van der Waals surface area contributed by atoms with Gasteiger partial charge in [0.1, 0.15) is 5.82 Å². The summed E-state index contributed by atoms with van der Waals surface area (Å²) >= 11 is 0. The molecule has 0 saturated heterocycles. The Morgan fingerprint density at radius 1 is 1.28 bits per heavy atom. The lowest BCUT2D eigenvalue weighted by molar-refractivity contribution is 0.281. The predicted molar refractivity (Wildman–Crippen MR) is 116 cm³/mol. The van der Waals surface area contributed by atoms with Crippen molar-refractivity contribution >= 4 is 11.5 Å². The van der Waals surface area contributed by atoms with Crippen LogP contribution < -0.4 is 16.0 Å². The summed E-state index contributed by atoms with van der Waals surface area (Å²) in [7, 11) is 1.91. The number of aliphatic hydroxyl groups excluding tert-OH is 1. The van der Waals surface area contributed by atoms with E-state index in [2.05, 4.69) is 51.2 Å². The zero-order valence-corrected chi connectivity index (χ0v) is 16.9. The number of nitrogens with zero attached hydrogens (tertiary/aromatic N) is 3. The molecule has 29 heavy (non-hydrogen) atoms. The number of aryl methyl sites for hydroxylation is 1. The van der Waals surface area contributed by atoms with Gasteiger partial charge in [-0.25, -0.2) is 4.98 Å². The minimum atomic E-state index is 0.0839. The van der Waals surface area contributed by atoms with E-state index in [0.29, 0.717) is 5.92 Å². The molecule has 0 bridgehead atoms. The van der Waals surface area contributed by atoms with E-state index in [4.69, 9.17) is 0 Å². The number of hydrogen-bond donors (Lipinski definition) is 4. The van der Waals surface area contributed by atoms with Crippen LogP contribution >= 0.6 is 0 Å². The summed E-state index contributed by atoms with van der Waals surface area (Å²) in [5.74, 6) is 1.27. The van der Waals surface area contributed by atoms with Gasteiger partial charge in [0.2, 0.25) is 0 Å². The molecule has 1 aliphatic heterocycles. The Balaban J connectivity index is 1.31. The minimum absolute atomic E-state index is 0.0839. The highest BCUT2D eigenvalue weighted by Gasteiger charge is 2.19. The molecular weight excluding hydrogens is 364 g/mol. The molecule has 0 spiro atoms. The molecule has 0 fully saturated rings. The van der Waals surface area contributed by atoms with Gasteiger partial charge in [0.15, 0.2) is 0 Å². The molecule has 7 heteroatoms. The number of aliphatic hydroxyl groups is 1. The number of aromatic nitrogens is 3. The Morgan fingerprint density at radius 3 is 2.97 bits per heavy atom. The van der Waals surface area contributed by atoms with E-state index in [1.54, 1.807) is 4.68 Å². The van der Waals surface area contributed by atoms with Crippen LogP contribution in [0, 0.1) is 0 Å². The lowest BCUT2D eigenvalue weighted by atomic mass is 9.99. The summed E-state index contributed by atoms with van der Waals surface area (Å²) in [6.45, 7) is 4.86. The largest absolute Gasteiger partial charge is 0.392 e. The van der Waals surface area contributed by atoms with Gasteiger partial charge in [-0.2, -0.15) is 5.10 Å². The van der Waals surface area contributed by atoms with E-state index >= 15 is 0 Å². The van der Waals surface area contributed by atoms with Gasteiger partial charge in [-0.3, -0.25) is 4.68 Å². The number of pyridine rings is 1. The molecule has 0 saturated carbocycles. The van der Waals surface area contributed by atoms with Crippen LogP contribution in [0.3, 0.4) is 0 Å². The molecule has 1 aliphatic rings. The van der Waals surface area contributed by atoms with Gasteiger partial charge >= 0.3 is 0 Å². The van der Waals surface area contributed by atoms with Crippen molar-refractivity contribution in [2.75, 3.05) is 30.3 Å². The number of anilines is 2. The first-order valence-corrected chi connectivity index (χ1v) is 10.0. The maximum atomic E-state index is 9.31. The second kappa shape index (κ2) is 8.63. The van der Waals surface area contributed by atoms with E-state index < -0.39 is 0 Å². The Hall–Kier alpha value is -2.90. The van der Waals surface area contributed by atoms with Gasteiger partial charge in [-0.15, -0.1) is 0 Å². The molecule has 0 amide bonds. The standard InChI is InChI=1S/C22H28N6O/c1-15(17-5-3-4-16(6-17)14-29)8-23-11-20-12-24-21-7-18(9-25-22(21)27-20)19-10-26-28(2)13-19/h3-7,9-10,13,15,20,23-24,29H,8,11-12,14H2,1-2H3,(H,25,27). The zero-order chi connectivity index (χ0) is 20.2. The maximum absolute atomic E-state index is 9.31. The summed E-state index contributed by atoms with van der Waals surface area (Å²) in [5.41, 5.74) is 5.35. The average molecular weight is 393 g/mol. The highest BCUT2D eigenvalue weighted by molar-refractivity contribution is 5.75. The lowest BCUT2D eigenvalue weighted by Crippen LogP contribution is -2.42. The second-order valence-corrected chi connectivity index (χ2v) is 7.71.